The Morgan fingerprint density at radius 2 is 1.94 bits per heavy atom. The van der Waals surface area contributed by atoms with Gasteiger partial charge in [0.15, 0.2) is 0 Å². The number of phenolic OH excluding ortho intramolecular Hbond substituents is 1. The zero-order valence-electron chi connectivity index (χ0n) is 17.5. The highest BCUT2D eigenvalue weighted by Gasteiger charge is 2.27. The van der Waals surface area contributed by atoms with Crippen LogP contribution in [0.25, 0.3) is 22.4 Å². The molecule has 1 fully saturated rings. The Bertz CT molecular complexity index is 1010. The first-order chi connectivity index (χ1) is 13.8. The highest BCUT2D eigenvalue weighted by atomic mass is 35.5. The molecule has 2 aromatic heterocycles. The molecule has 168 valence electrons. The second kappa shape index (κ2) is 9.76. The topological polar surface area (TPSA) is 103 Å². The zero-order valence-corrected chi connectivity index (χ0v) is 19.1. The molecule has 1 aromatic carbocycles. The zero-order chi connectivity index (χ0) is 20.6. The van der Waals surface area contributed by atoms with E-state index in [4.69, 9.17) is 0 Å². The first-order valence-corrected chi connectivity index (χ1v) is 9.55. The first kappa shape index (κ1) is 24.8. The van der Waals surface area contributed by atoms with E-state index in [1.165, 1.54) is 12.3 Å². The molecule has 0 saturated carbocycles. The highest BCUT2D eigenvalue weighted by Crippen LogP contribution is 2.32. The Labute approximate surface area is 192 Å². The van der Waals surface area contributed by atoms with Crippen molar-refractivity contribution >= 4 is 30.8 Å². The number of aromatic nitrogens is 5. The van der Waals surface area contributed by atoms with Crippen molar-refractivity contribution in [3.63, 3.8) is 0 Å². The van der Waals surface area contributed by atoms with Crippen molar-refractivity contribution in [3.05, 3.63) is 36.5 Å². The Morgan fingerprint density at radius 3 is 2.52 bits per heavy atom. The molecule has 1 aliphatic rings. The van der Waals surface area contributed by atoms with Gasteiger partial charge in [-0.05, 0) is 44.9 Å². The summed E-state index contributed by atoms with van der Waals surface area (Å²) in [5.41, 5.74) is 1.81. The summed E-state index contributed by atoms with van der Waals surface area (Å²) >= 11 is 0. The first-order valence-electron chi connectivity index (χ1n) is 9.55. The van der Waals surface area contributed by atoms with Crippen LogP contribution in [0.1, 0.15) is 27.2 Å². The highest BCUT2D eigenvalue weighted by molar-refractivity contribution is 5.85. The van der Waals surface area contributed by atoms with Gasteiger partial charge in [0.1, 0.15) is 11.4 Å². The molecule has 1 aliphatic heterocycles. The van der Waals surface area contributed by atoms with Crippen LogP contribution in [-0.2, 0) is 0 Å². The van der Waals surface area contributed by atoms with E-state index in [9.17, 15) is 9.50 Å². The Morgan fingerprint density at radius 1 is 1.16 bits per heavy atom. The summed E-state index contributed by atoms with van der Waals surface area (Å²) in [7, 11) is 0. The summed E-state index contributed by atoms with van der Waals surface area (Å²) in [6, 6.07) is 5.23. The molecule has 0 bridgehead atoms. The van der Waals surface area contributed by atoms with Crippen LogP contribution in [-0.4, -0.2) is 55.2 Å². The Hall–Kier alpha value is -2.49. The van der Waals surface area contributed by atoms with E-state index in [1.54, 1.807) is 18.3 Å². The third kappa shape index (κ3) is 5.61. The number of anilines is 1. The lowest BCUT2D eigenvalue weighted by molar-refractivity contribution is 0.373. The molecular formula is C20H26Cl2FN7O. The number of benzene rings is 1. The summed E-state index contributed by atoms with van der Waals surface area (Å²) in [4.78, 5) is 6.54. The third-order valence-corrected chi connectivity index (χ3v) is 4.84. The number of nitrogens with zero attached hydrogens (tertiary/aromatic N) is 5. The summed E-state index contributed by atoms with van der Waals surface area (Å²) in [6.45, 7) is 8.16. The molecule has 11 heteroatoms. The molecule has 8 nitrogen and oxygen atoms in total. The van der Waals surface area contributed by atoms with E-state index in [0.717, 1.165) is 19.5 Å². The lowest BCUT2D eigenvalue weighted by atomic mass is 10.0. The van der Waals surface area contributed by atoms with Gasteiger partial charge in [-0.1, -0.05) is 6.07 Å². The van der Waals surface area contributed by atoms with Gasteiger partial charge in [0.05, 0.1) is 18.0 Å². The van der Waals surface area contributed by atoms with E-state index in [2.05, 4.69) is 56.4 Å². The second-order valence-electron chi connectivity index (χ2n) is 8.30. The van der Waals surface area contributed by atoms with E-state index in [-0.39, 0.29) is 36.1 Å². The minimum absolute atomic E-state index is 0. The summed E-state index contributed by atoms with van der Waals surface area (Å²) in [5.74, 6) is -0.000991. The maximum absolute atomic E-state index is 13.7. The van der Waals surface area contributed by atoms with E-state index >= 15 is 0 Å². The predicted molar refractivity (Wildman–Crippen MR) is 122 cm³/mol. The number of phenols is 1. The molecule has 0 amide bonds. The van der Waals surface area contributed by atoms with E-state index < -0.39 is 5.95 Å². The summed E-state index contributed by atoms with van der Waals surface area (Å²) in [5, 5.41) is 28.4. The number of rotatable bonds is 4. The minimum Gasteiger partial charge on any atom is -0.507 e. The van der Waals surface area contributed by atoms with Crippen LogP contribution in [0.2, 0.25) is 0 Å². The van der Waals surface area contributed by atoms with Crippen LogP contribution < -0.4 is 10.2 Å². The van der Waals surface area contributed by atoms with Crippen molar-refractivity contribution in [2.45, 2.75) is 38.8 Å². The Balaban J connectivity index is 0.00000171. The Kier molecular flexibility index (Phi) is 7.80. The molecule has 4 rings (SSSR count). The quantitative estimate of drug-likeness (QED) is 0.536. The van der Waals surface area contributed by atoms with Crippen LogP contribution in [0.3, 0.4) is 0 Å². The summed E-state index contributed by atoms with van der Waals surface area (Å²) < 4.78 is 13.7. The molecule has 0 aliphatic carbocycles. The number of halogens is 3. The van der Waals surface area contributed by atoms with Crippen LogP contribution in [0.15, 0.2) is 30.6 Å². The molecule has 3 heterocycles. The SMILES string of the molecule is CC(C)(C)N[C@H]1CCN(c2ncc(-c3ccc(-c4cn[nH]c4F)cc3O)nn2)C1.Cl.Cl. The molecule has 3 aromatic rings. The second-order valence-corrected chi connectivity index (χ2v) is 8.30. The van der Waals surface area contributed by atoms with Gasteiger partial charge in [-0.2, -0.15) is 9.49 Å². The van der Waals surface area contributed by atoms with Crippen LogP contribution >= 0.6 is 24.8 Å². The fraction of sp³-hybridized carbons (Fsp3) is 0.400. The average Bonchev–Trinajstić information content (AvgIpc) is 3.29. The van der Waals surface area contributed by atoms with Gasteiger partial charge in [-0.15, -0.1) is 35.0 Å². The third-order valence-electron chi connectivity index (χ3n) is 4.84. The van der Waals surface area contributed by atoms with Gasteiger partial charge in [0.2, 0.25) is 11.9 Å². The normalized spacial score (nSPS) is 16.0. The van der Waals surface area contributed by atoms with Crippen molar-refractivity contribution in [1.29, 1.82) is 0 Å². The molecule has 0 spiro atoms. The fourth-order valence-corrected chi connectivity index (χ4v) is 3.60. The smallest absolute Gasteiger partial charge is 0.245 e. The van der Waals surface area contributed by atoms with Gasteiger partial charge < -0.3 is 15.3 Å². The average molecular weight is 470 g/mol. The molecule has 1 atom stereocenters. The molecule has 3 N–H and O–H groups in total. The number of hydrogen-bond donors (Lipinski definition) is 3. The molecule has 0 unspecified atom stereocenters. The molecule has 0 radical (unpaired) electrons. The van der Waals surface area contributed by atoms with Gasteiger partial charge in [0.25, 0.3) is 0 Å². The van der Waals surface area contributed by atoms with Gasteiger partial charge >= 0.3 is 0 Å². The number of aromatic hydroxyl groups is 1. The van der Waals surface area contributed by atoms with Crippen molar-refractivity contribution in [2.75, 3.05) is 18.0 Å². The fourth-order valence-electron chi connectivity index (χ4n) is 3.60. The van der Waals surface area contributed by atoms with Crippen LogP contribution in [0.5, 0.6) is 5.75 Å². The van der Waals surface area contributed by atoms with E-state index in [1.807, 2.05) is 0 Å². The van der Waals surface area contributed by atoms with Gasteiger partial charge in [-0.3, -0.25) is 5.10 Å². The van der Waals surface area contributed by atoms with Crippen molar-refractivity contribution in [2.24, 2.45) is 0 Å². The van der Waals surface area contributed by atoms with Crippen molar-refractivity contribution < 1.29 is 9.50 Å². The lowest BCUT2D eigenvalue weighted by Crippen LogP contribution is -2.45. The minimum atomic E-state index is -0.548. The molecular weight excluding hydrogens is 444 g/mol. The van der Waals surface area contributed by atoms with Crippen molar-refractivity contribution in [1.82, 2.24) is 30.7 Å². The van der Waals surface area contributed by atoms with Gasteiger partial charge in [0, 0.05) is 30.2 Å². The van der Waals surface area contributed by atoms with Crippen LogP contribution in [0, 0.1) is 5.95 Å². The predicted octanol–water partition coefficient (Wildman–Crippen LogP) is 3.58. The monoisotopic (exact) mass is 469 g/mol. The number of nitrogens with one attached hydrogen (secondary N) is 2. The standard InChI is InChI=1S/C20H24FN7O.2ClH/c1-20(2,3)24-13-6-7-28(11-13)19-22-10-16(25-27-19)14-5-4-12(8-17(14)29)15-9-23-26-18(15)21;;/h4-5,8-10,13,24,29H,6-7,11H2,1-3H3,(H,23,26);2*1H/t13-;;/m0../s1. The molecule has 31 heavy (non-hydrogen) atoms. The largest absolute Gasteiger partial charge is 0.507 e. The number of H-pyrrole nitrogens is 1. The number of aromatic amines is 1. The van der Waals surface area contributed by atoms with E-state index in [0.29, 0.717) is 34.4 Å². The van der Waals surface area contributed by atoms with Crippen LogP contribution in [0.4, 0.5) is 10.3 Å². The lowest BCUT2D eigenvalue weighted by Gasteiger charge is -2.25. The van der Waals surface area contributed by atoms with Gasteiger partial charge in [-0.25, -0.2) is 4.98 Å². The molecule has 1 saturated heterocycles. The van der Waals surface area contributed by atoms with Crippen molar-refractivity contribution in [3.8, 4) is 28.1 Å². The summed E-state index contributed by atoms with van der Waals surface area (Å²) in [6.07, 6.45) is 3.99. The maximum Gasteiger partial charge on any atom is 0.245 e. The number of hydrogen-bond acceptors (Lipinski definition) is 7. The maximum atomic E-state index is 13.7.